The highest BCUT2D eigenvalue weighted by atomic mass is 16.2. The number of carbonyl (C=O) groups excluding carboxylic acids is 1. The molecule has 35 heavy (non-hydrogen) atoms. The molecular weight excluding hydrogens is 438 g/mol. The van der Waals surface area contributed by atoms with Crippen molar-refractivity contribution >= 4 is 22.4 Å². The molecule has 0 atom stereocenters. The highest BCUT2D eigenvalue weighted by molar-refractivity contribution is 5.84. The maximum Gasteiger partial charge on any atom is 0.275 e. The molecule has 0 spiro atoms. The van der Waals surface area contributed by atoms with Crippen LogP contribution in [0.15, 0.2) is 71.8 Å². The van der Waals surface area contributed by atoms with Crippen LogP contribution in [0.5, 0.6) is 0 Å². The van der Waals surface area contributed by atoms with Crippen LogP contribution in [0.1, 0.15) is 22.4 Å². The van der Waals surface area contributed by atoms with Gasteiger partial charge < -0.3 is 9.80 Å². The first-order valence-corrected chi connectivity index (χ1v) is 12.0. The fourth-order valence-electron chi connectivity index (χ4n) is 4.72. The predicted molar refractivity (Wildman–Crippen MR) is 138 cm³/mol. The number of rotatable bonds is 5. The molecule has 1 amide bonds. The Bertz CT molecular complexity index is 1420. The first-order valence-electron chi connectivity index (χ1n) is 12.0. The SMILES string of the molecule is Cc1ccc(C)c(N2CCN(C(=O)Cn3nc(Cc4ccncc4)c4ccccc4c3=O)CC2)c1. The van der Waals surface area contributed by atoms with Crippen molar-refractivity contribution in [3.05, 3.63) is 99.7 Å². The number of fused-ring (bicyclic) bond motifs is 1. The van der Waals surface area contributed by atoms with Gasteiger partial charge in [-0.1, -0.05) is 30.3 Å². The predicted octanol–water partition coefficient (Wildman–Crippen LogP) is 3.35. The van der Waals surface area contributed by atoms with Gasteiger partial charge in [-0.15, -0.1) is 0 Å². The van der Waals surface area contributed by atoms with Crippen LogP contribution in [0.4, 0.5) is 5.69 Å². The zero-order valence-corrected chi connectivity index (χ0v) is 20.1. The lowest BCUT2D eigenvalue weighted by Crippen LogP contribution is -2.50. The van der Waals surface area contributed by atoms with Crippen molar-refractivity contribution in [2.75, 3.05) is 31.1 Å². The molecular formula is C28H29N5O2. The van der Waals surface area contributed by atoms with Crippen LogP contribution in [0, 0.1) is 13.8 Å². The van der Waals surface area contributed by atoms with Crippen molar-refractivity contribution in [2.45, 2.75) is 26.8 Å². The zero-order chi connectivity index (χ0) is 24.4. The largest absolute Gasteiger partial charge is 0.368 e. The van der Waals surface area contributed by atoms with Crippen LogP contribution in [0.3, 0.4) is 0 Å². The second-order valence-electron chi connectivity index (χ2n) is 9.15. The lowest BCUT2D eigenvalue weighted by Gasteiger charge is -2.37. The van der Waals surface area contributed by atoms with Gasteiger partial charge in [-0.3, -0.25) is 14.6 Å². The molecule has 0 bridgehead atoms. The summed E-state index contributed by atoms with van der Waals surface area (Å²) in [7, 11) is 0. The Kier molecular flexibility index (Phi) is 6.31. The van der Waals surface area contributed by atoms with Crippen LogP contribution in [-0.2, 0) is 17.8 Å². The number of piperazine rings is 1. The Morgan fingerprint density at radius 2 is 1.63 bits per heavy atom. The normalized spacial score (nSPS) is 13.9. The van der Waals surface area contributed by atoms with Crippen LogP contribution >= 0.6 is 0 Å². The number of hydrogen-bond acceptors (Lipinski definition) is 5. The van der Waals surface area contributed by atoms with Crippen molar-refractivity contribution in [2.24, 2.45) is 0 Å². The third-order valence-electron chi connectivity index (χ3n) is 6.69. The van der Waals surface area contributed by atoms with E-state index in [4.69, 9.17) is 0 Å². The van der Waals surface area contributed by atoms with Crippen molar-refractivity contribution in [3.8, 4) is 0 Å². The summed E-state index contributed by atoms with van der Waals surface area (Å²) >= 11 is 0. The quantitative estimate of drug-likeness (QED) is 0.450. The standard InChI is InChI=1S/C28H29N5O2/c1-20-7-8-21(2)26(17-20)31-13-15-32(16-14-31)27(34)19-33-28(35)24-6-4-3-5-23(24)25(30-33)18-22-9-11-29-12-10-22/h3-12,17H,13-16,18-19H2,1-2H3. The Hall–Kier alpha value is -4.00. The second kappa shape index (κ2) is 9.70. The monoisotopic (exact) mass is 467 g/mol. The van der Waals surface area contributed by atoms with Crippen molar-refractivity contribution in [3.63, 3.8) is 0 Å². The van der Waals surface area contributed by atoms with Gasteiger partial charge in [0.05, 0.1) is 11.1 Å². The molecule has 1 saturated heterocycles. The van der Waals surface area contributed by atoms with E-state index in [9.17, 15) is 9.59 Å². The Labute approximate surface area is 204 Å². The third kappa shape index (κ3) is 4.80. The van der Waals surface area contributed by atoms with Gasteiger partial charge in [0.2, 0.25) is 5.91 Å². The molecule has 0 unspecified atom stereocenters. The van der Waals surface area contributed by atoms with Gasteiger partial charge in [-0.2, -0.15) is 5.10 Å². The summed E-state index contributed by atoms with van der Waals surface area (Å²) in [6.07, 6.45) is 4.05. The number of hydrogen-bond donors (Lipinski definition) is 0. The van der Waals surface area contributed by atoms with E-state index in [0.717, 1.165) is 29.7 Å². The minimum Gasteiger partial charge on any atom is -0.368 e. The van der Waals surface area contributed by atoms with E-state index in [-0.39, 0.29) is 18.0 Å². The maximum absolute atomic E-state index is 13.2. The highest BCUT2D eigenvalue weighted by Gasteiger charge is 2.23. The number of pyridine rings is 1. The lowest BCUT2D eigenvalue weighted by molar-refractivity contribution is -0.132. The summed E-state index contributed by atoms with van der Waals surface area (Å²) < 4.78 is 1.33. The van der Waals surface area contributed by atoms with E-state index in [1.165, 1.54) is 21.5 Å². The fraction of sp³-hybridized carbons (Fsp3) is 0.286. The van der Waals surface area contributed by atoms with E-state index in [1.807, 2.05) is 35.2 Å². The summed E-state index contributed by atoms with van der Waals surface area (Å²) in [6, 6.07) is 17.8. The van der Waals surface area contributed by atoms with E-state index in [2.05, 4.69) is 47.0 Å². The molecule has 2 aromatic heterocycles. The van der Waals surface area contributed by atoms with Gasteiger partial charge in [0.1, 0.15) is 6.54 Å². The first-order chi connectivity index (χ1) is 17.0. The van der Waals surface area contributed by atoms with E-state index < -0.39 is 0 Å². The van der Waals surface area contributed by atoms with Crippen molar-refractivity contribution in [1.82, 2.24) is 19.7 Å². The summed E-state index contributed by atoms with van der Waals surface area (Å²) in [5.74, 6) is -0.0784. The number of anilines is 1. The van der Waals surface area contributed by atoms with Gasteiger partial charge in [-0.25, -0.2) is 4.68 Å². The van der Waals surface area contributed by atoms with Gasteiger partial charge in [0.25, 0.3) is 5.56 Å². The molecule has 0 saturated carbocycles. The first kappa shape index (κ1) is 22.8. The number of carbonyl (C=O) groups is 1. The molecule has 0 radical (unpaired) electrons. The molecule has 0 N–H and O–H groups in total. The molecule has 0 aliphatic carbocycles. The summed E-state index contributed by atoms with van der Waals surface area (Å²) in [4.78, 5) is 34.6. The number of aryl methyl sites for hydroxylation is 2. The van der Waals surface area contributed by atoms with E-state index in [1.54, 1.807) is 18.5 Å². The molecule has 4 aromatic rings. The molecule has 178 valence electrons. The molecule has 5 rings (SSSR count). The fourth-order valence-corrected chi connectivity index (χ4v) is 4.72. The third-order valence-corrected chi connectivity index (χ3v) is 6.69. The lowest BCUT2D eigenvalue weighted by atomic mass is 10.1. The van der Waals surface area contributed by atoms with Crippen LogP contribution in [0.25, 0.3) is 10.8 Å². The minimum atomic E-state index is -0.235. The molecule has 1 fully saturated rings. The van der Waals surface area contributed by atoms with Crippen molar-refractivity contribution < 1.29 is 4.79 Å². The molecule has 1 aliphatic rings. The summed E-state index contributed by atoms with van der Waals surface area (Å²) in [5.41, 5.74) is 5.29. The maximum atomic E-state index is 13.2. The molecule has 1 aliphatic heterocycles. The second-order valence-corrected chi connectivity index (χ2v) is 9.15. The van der Waals surface area contributed by atoms with Crippen LogP contribution in [0.2, 0.25) is 0 Å². The van der Waals surface area contributed by atoms with Gasteiger partial charge >= 0.3 is 0 Å². The average molecular weight is 468 g/mol. The van der Waals surface area contributed by atoms with Gasteiger partial charge in [0.15, 0.2) is 0 Å². The Morgan fingerprint density at radius 1 is 0.914 bits per heavy atom. The molecule has 2 aromatic carbocycles. The topological polar surface area (TPSA) is 71.3 Å². The number of amides is 1. The molecule has 3 heterocycles. The van der Waals surface area contributed by atoms with Crippen LogP contribution in [-0.4, -0.2) is 51.8 Å². The summed E-state index contributed by atoms with van der Waals surface area (Å²) in [5, 5.41) is 6.04. The zero-order valence-electron chi connectivity index (χ0n) is 20.1. The molecule has 7 heteroatoms. The summed E-state index contributed by atoms with van der Waals surface area (Å²) in [6.45, 7) is 6.94. The van der Waals surface area contributed by atoms with Crippen LogP contribution < -0.4 is 10.5 Å². The Morgan fingerprint density at radius 3 is 2.37 bits per heavy atom. The minimum absolute atomic E-state index is 0.0590. The van der Waals surface area contributed by atoms with E-state index >= 15 is 0 Å². The Balaban J connectivity index is 1.35. The average Bonchev–Trinajstić information content (AvgIpc) is 2.89. The number of benzene rings is 2. The highest BCUT2D eigenvalue weighted by Crippen LogP contribution is 2.23. The smallest absolute Gasteiger partial charge is 0.275 e. The van der Waals surface area contributed by atoms with E-state index in [0.29, 0.717) is 24.9 Å². The number of aromatic nitrogens is 3. The van der Waals surface area contributed by atoms with Crippen molar-refractivity contribution in [1.29, 1.82) is 0 Å². The van der Waals surface area contributed by atoms with Gasteiger partial charge in [-0.05, 0) is 54.8 Å². The van der Waals surface area contributed by atoms with Gasteiger partial charge in [0, 0.05) is 56.1 Å². The molecule has 7 nitrogen and oxygen atoms in total. The number of nitrogens with zero attached hydrogens (tertiary/aromatic N) is 5.